The molecule has 2 aromatic carbocycles. The maximum Gasteiger partial charge on any atom is 0.219 e. The average molecular weight is 431 g/mol. The highest BCUT2D eigenvalue weighted by Crippen LogP contribution is 2.36. The predicted molar refractivity (Wildman–Crippen MR) is 112 cm³/mol. The summed E-state index contributed by atoms with van der Waals surface area (Å²) in [6, 6.07) is 8.20. The van der Waals surface area contributed by atoms with Gasteiger partial charge in [0.15, 0.2) is 17.3 Å². The Balaban J connectivity index is 1.69. The molecule has 1 aliphatic rings. The first-order valence-corrected chi connectivity index (χ1v) is 9.80. The largest absolute Gasteiger partial charge is 0.493 e. The molecule has 0 radical (unpaired) electrons. The van der Waals surface area contributed by atoms with Gasteiger partial charge in [-0.25, -0.2) is 14.4 Å². The number of benzene rings is 2. The van der Waals surface area contributed by atoms with Crippen molar-refractivity contribution in [3.05, 3.63) is 47.5 Å². The minimum Gasteiger partial charge on any atom is -0.493 e. The number of carbonyl (C=O) groups is 1. The van der Waals surface area contributed by atoms with Crippen LogP contribution in [0.3, 0.4) is 0 Å². The maximum absolute atomic E-state index is 14.3. The number of hydrogen-bond acceptors (Lipinski definition) is 6. The van der Waals surface area contributed by atoms with E-state index in [1.165, 1.54) is 12.4 Å². The zero-order chi connectivity index (χ0) is 21.3. The SMILES string of the molecule is COc1cc2ncnc(Nc3cccc(Cl)c3F)c2cc1OC1CCN(C(C)=O)C1. The van der Waals surface area contributed by atoms with Gasteiger partial charge in [0.25, 0.3) is 0 Å². The van der Waals surface area contributed by atoms with E-state index in [-0.39, 0.29) is 22.7 Å². The third-order valence-corrected chi connectivity index (χ3v) is 5.30. The Bertz CT molecular complexity index is 1110. The Morgan fingerprint density at radius 1 is 1.30 bits per heavy atom. The molecule has 1 aromatic heterocycles. The quantitative estimate of drug-likeness (QED) is 0.654. The normalized spacial score (nSPS) is 16.0. The molecule has 1 atom stereocenters. The summed E-state index contributed by atoms with van der Waals surface area (Å²) in [5.74, 6) is 0.888. The van der Waals surface area contributed by atoms with Gasteiger partial charge in [0.05, 0.1) is 29.9 Å². The van der Waals surface area contributed by atoms with Gasteiger partial charge in [-0.05, 0) is 18.2 Å². The lowest BCUT2D eigenvalue weighted by Crippen LogP contribution is -2.28. The highest BCUT2D eigenvalue weighted by atomic mass is 35.5. The van der Waals surface area contributed by atoms with E-state index in [9.17, 15) is 9.18 Å². The van der Waals surface area contributed by atoms with Crippen molar-refractivity contribution in [2.75, 3.05) is 25.5 Å². The van der Waals surface area contributed by atoms with Crippen LogP contribution in [0.15, 0.2) is 36.7 Å². The summed E-state index contributed by atoms with van der Waals surface area (Å²) >= 11 is 5.88. The second-order valence-corrected chi connectivity index (χ2v) is 7.37. The first-order valence-electron chi connectivity index (χ1n) is 9.42. The van der Waals surface area contributed by atoms with Crippen LogP contribution in [0.4, 0.5) is 15.9 Å². The molecule has 9 heteroatoms. The standard InChI is InChI=1S/C21H20ClFN4O3/c1-12(28)27-7-6-13(10-27)30-19-8-14-17(9-18(19)29-2)24-11-25-21(14)26-16-5-3-4-15(22)20(16)23/h3-5,8-9,11,13H,6-7,10H2,1-2H3,(H,24,25,26). The van der Waals surface area contributed by atoms with Crippen LogP contribution in [0.25, 0.3) is 10.9 Å². The molecule has 4 rings (SSSR count). The van der Waals surface area contributed by atoms with Crippen LogP contribution in [0.1, 0.15) is 13.3 Å². The number of ether oxygens (including phenoxy) is 2. The first kappa shape index (κ1) is 20.2. The number of likely N-dealkylation sites (tertiary alicyclic amines) is 1. The van der Waals surface area contributed by atoms with Crippen LogP contribution in [0, 0.1) is 5.82 Å². The number of aromatic nitrogens is 2. The molecular formula is C21H20ClFN4O3. The molecular weight excluding hydrogens is 411 g/mol. The second kappa shape index (κ2) is 8.31. The van der Waals surface area contributed by atoms with E-state index in [0.717, 1.165) is 6.42 Å². The Labute approximate surface area is 177 Å². The number of hydrogen-bond donors (Lipinski definition) is 1. The van der Waals surface area contributed by atoms with Crippen LogP contribution in [0.2, 0.25) is 5.02 Å². The van der Waals surface area contributed by atoms with Crippen molar-refractivity contribution in [2.45, 2.75) is 19.4 Å². The van der Waals surface area contributed by atoms with Crippen LogP contribution in [-0.2, 0) is 4.79 Å². The number of nitrogens with zero attached hydrogens (tertiary/aromatic N) is 3. The van der Waals surface area contributed by atoms with Crippen molar-refractivity contribution in [1.82, 2.24) is 14.9 Å². The summed E-state index contributed by atoms with van der Waals surface area (Å²) < 4.78 is 25.9. The molecule has 1 saturated heterocycles. The lowest BCUT2D eigenvalue weighted by molar-refractivity contribution is -0.128. The summed E-state index contributed by atoms with van der Waals surface area (Å²) in [6.07, 6.45) is 1.96. The number of anilines is 2. The molecule has 7 nitrogen and oxygen atoms in total. The van der Waals surface area contributed by atoms with Gasteiger partial charge in [0, 0.05) is 31.3 Å². The molecule has 1 N–H and O–H groups in total. The highest BCUT2D eigenvalue weighted by Gasteiger charge is 2.27. The van der Waals surface area contributed by atoms with Crippen molar-refractivity contribution in [2.24, 2.45) is 0 Å². The lowest BCUT2D eigenvalue weighted by Gasteiger charge is -2.18. The smallest absolute Gasteiger partial charge is 0.219 e. The molecule has 156 valence electrons. The predicted octanol–water partition coefficient (Wildman–Crippen LogP) is 4.17. The van der Waals surface area contributed by atoms with Gasteiger partial charge in [-0.1, -0.05) is 17.7 Å². The Kier molecular flexibility index (Phi) is 5.59. The van der Waals surface area contributed by atoms with E-state index in [4.69, 9.17) is 21.1 Å². The Morgan fingerprint density at radius 2 is 2.13 bits per heavy atom. The fourth-order valence-corrected chi connectivity index (χ4v) is 3.61. The monoisotopic (exact) mass is 430 g/mol. The number of nitrogens with one attached hydrogen (secondary N) is 1. The number of carbonyl (C=O) groups excluding carboxylic acids is 1. The van der Waals surface area contributed by atoms with E-state index in [0.29, 0.717) is 41.3 Å². The molecule has 0 bridgehead atoms. The van der Waals surface area contributed by atoms with Gasteiger partial charge in [0.1, 0.15) is 18.2 Å². The van der Waals surface area contributed by atoms with Gasteiger partial charge in [0.2, 0.25) is 5.91 Å². The van der Waals surface area contributed by atoms with Crippen molar-refractivity contribution >= 4 is 39.9 Å². The number of amides is 1. The van der Waals surface area contributed by atoms with Gasteiger partial charge < -0.3 is 19.7 Å². The van der Waals surface area contributed by atoms with Gasteiger partial charge in [-0.2, -0.15) is 0 Å². The fraction of sp³-hybridized carbons (Fsp3) is 0.286. The number of rotatable bonds is 5. The van der Waals surface area contributed by atoms with E-state index < -0.39 is 5.82 Å². The minimum atomic E-state index is -0.564. The molecule has 2 heterocycles. The second-order valence-electron chi connectivity index (χ2n) is 6.96. The van der Waals surface area contributed by atoms with Crippen molar-refractivity contribution in [3.63, 3.8) is 0 Å². The molecule has 0 spiro atoms. The summed E-state index contributed by atoms with van der Waals surface area (Å²) in [5, 5.41) is 3.62. The lowest BCUT2D eigenvalue weighted by atomic mass is 10.2. The molecule has 0 aliphatic carbocycles. The molecule has 3 aromatic rings. The van der Waals surface area contributed by atoms with Gasteiger partial charge in [-0.3, -0.25) is 4.79 Å². The molecule has 1 fully saturated rings. The van der Waals surface area contributed by atoms with Crippen LogP contribution in [-0.4, -0.2) is 47.1 Å². The van der Waals surface area contributed by atoms with Gasteiger partial charge in [-0.15, -0.1) is 0 Å². The Hall–Kier alpha value is -3.13. The van der Waals surface area contributed by atoms with Crippen molar-refractivity contribution in [1.29, 1.82) is 0 Å². The van der Waals surface area contributed by atoms with E-state index in [2.05, 4.69) is 15.3 Å². The molecule has 0 saturated carbocycles. The maximum atomic E-state index is 14.3. The molecule has 30 heavy (non-hydrogen) atoms. The zero-order valence-corrected chi connectivity index (χ0v) is 17.2. The van der Waals surface area contributed by atoms with Gasteiger partial charge >= 0.3 is 0 Å². The van der Waals surface area contributed by atoms with Crippen LogP contribution >= 0.6 is 11.6 Å². The first-order chi connectivity index (χ1) is 14.5. The molecule has 1 amide bonds. The fourth-order valence-electron chi connectivity index (χ4n) is 3.43. The van der Waals surface area contributed by atoms with Crippen LogP contribution in [0.5, 0.6) is 11.5 Å². The molecule has 1 unspecified atom stereocenters. The van der Waals surface area contributed by atoms with E-state index in [1.54, 1.807) is 43.2 Å². The third kappa shape index (κ3) is 3.95. The number of fused-ring (bicyclic) bond motifs is 1. The topological polar surface area (TPSA) is 76.6 Å². The Morgan fingerprint density at radius 3 is 2.87 bits per heavy atom. The number of halogens is 2. The summed E-state index contributed by atoms with van der Waals surface area (Å²) in [5.41, 5.74) is 0.810. The minimum absolute atomic E-state index is 0.0142. The third-order valence-electron chi connectivity index (χ3n) is 5.01. The average Bonchev–Trinajstić information content (AvgIpc) is 3.20. The number of methoxy groups -OCH3 is 1. The summed E-state index contributed by atoms with van der Waals surface area (Å²) in [4.78, 5) is 21.9. The zero-order valence-electron chi connectivity index (χ0n) is 16.5. The van der Waals surface area contributed by atoms with E-state index in [1.807, 2.05) is 0 Å². The highest BCUT2D eigenvalue weighted by molar-refractivity contribution is 6.31. The summed E-state index contributed by atoms with van der Waals surface area (Å²) in [7, 11) is 1.55. The summed E-state index contributed by atoms with van der Waals surface area (Å²) in [6.45, 7) is 2.71. The van der Waals surface area contributed by atoms with Crippen molar-refractivity contribution < 1.29 is 18.7 Å². The van der Waals surface area contributed by atoms with Crippen LogP contribution < -0.4 is 14.8 Å². The molecule has 1 aliphatic heterocycles. The van der Waals surface area contributed by atoms with Crippen molar-refractivity contribution in [3.8, 4) is 11.5 Å². The van der Waals surface area contributed by atoms with E-state index >= 15 is 0 Å².